The average molecular weight is 777 g/mol. The van der Waals surface area contributed by atoms with Gasteiger partial charge in [-0.2, -0.15) is 4.73 Å². The van der Waals surface area contributed by atoms with Crippen LogP contribution in [0, 0.1) is 17.0 Å². The predicted molar refractivity (Wildman–Crippen MR) is 204 cm³/mol. The van der Waals surface area contributed by atoms with E-state index < -0.39 is 18.2 Å². The monoisotopic (exact) mass is 775 g/mol. The van der Waals surface area contributed by atoms with E-state index >= 15 is 0 Å². The predicted octanol–water partition coefficient (Wildman–Crippen LogP) is 7.81. The summed E-state index contributed by atoms with van der Waals surface area (Å²) in [6, 6.07) is 19.7. The van der Waals surface area contributed by atoms with Crippen molar-refractivity contribution in [2.45, 2.75) is 50.9 Å². The van der Waals surface area contributed by atoms with E-state index in [2.05, 4.69) is 4.90 Å². The first-order valence-electron chi connectivity index (χ1n) is 18.2. The smallest absolute Gasteiger partial charge is 0.415 e. The third kappa shape index (κ3) is 8.80. The zero-order valence-electron chi connectivity index (χ0n) is 30.2. The molecule has 284 valence electrons. The Labute approximate surface area is 324 Å². The highest BCUT2D eigenvalue weighted by atomic mass is 35.5. The van der Waals surface area contributed by atoms with E-state index in [9.17, 15) is 14.8 Å². The number of fused-ring (bicyclic) bond motifs is 3. The minimum atomic E-state index is -0.863. The summed E-state index contributed by atoms with van der Waals surface area (Å²) in [5, 5.41) is 12.2. The van der Waals surface area contributed by atoms with E-state index in [1.807, 2.05) is 24.3 Å². The van der Waals surface area contributed by atoms with Gasteiger partial charge < -0.3 is 28.9 Å². The second-order valence-corrected chi connectivity index (χ2v) is 14.9. The lowest BCUT2D eigenvalue weighted by atomic mass is 9.86. The molecule has 4 fully saturated rings. The number of halogens is 2. The fraction of sp³-hybridized carbons (Fsp3) is 0.390. The van der Waals surface area contributed by atoms with Gasteiger partial charge in [-0.1, -0.05) is 53.5 Å². The van der Waals surface area contributed by atoms with Crippen LogP contribution in [0.5, 0.6) is 17.2 Å². The van der Waals surface area contributed by atoms with Crippen molar-refractivity contribution < 1.29 is 38.0 Å². The fourth-order valence-electron chi connectivity index (χ4n) is 7.10. The lowest BCUT2D eigenvalue weighted by Gasteiger charge is -2.44. The highest BCUT2D eigenvalue weighted by Crippen LogP contribution is 2.37. The Morgan fingerprint density at radius 2 is 1.61 bits per heavy atom. The van der Waals surface area contributed by atoms with E-state index in [0.717, 1.165) is 50.9 Å². The molecule has 8 rings (SSSR count). The van der Waals surface area contributed by atoms with Crippen molar-refractivity contribution in [2.24, 2.45) is 11.8 Å². The number of methoxy groups -OCH3 is 2. The maximum atomic E-state index is 14.0. The van der Waals surface area contributed by atoms with Crippen LogP contribution < -0.4 is 23.8 Å². The molecule has 4 heterocycles. The van der Waals surface area contributed by atoms with Crippen molar-refractivity contribution in [3.8, 4) is 17.2 Å². The van der Waals surface area contributed by atoms with Gasteiger partial charge in [-0.05, 0) is 98.1 Å². The lowest BCUT2D eigenvalue weighted by molar-refractivity contribution is -0.605. The van der Waals surface area contributed by atoms with Crippen LogP contribution in [0.3, 0.4) is 0 Å². The summed E-state index contributed by atoms with van der Waals surface area (Å²) in [6.45, 7) is 3.62. The number of pyridine rings is 1. The van der Waals surface area contributed by atoms with Crippen LogP contribution in [-0.2, 0) is 22.4 Å². The Hall–Kier alpha value is -4.71. The minimum Gasteiger partial charge on any atom is -0.619 e. The molecular weight excluding hydrogens is 733 g/mol. The van der Waals surface area contributed by atoms with Gasteiger partial charge in [0.15, 0.2) is 23.9 Å². The molecule has 1 aromatic heterocycles. The molecule has 3 saturated heterocycles. The molecule has 4 aliphatic rings. The molecule has 2 bridgehead atoms. The molecule has 11 nitrogen and oxygen atoms in total. The van der Waals surface area contributed by atoms with Crippen LogP contribution in [-0.4, -0.2) is 63.5 Å². The summed E-state index contributed by atoms with van der Waals surface area (Å²) in [5.74, 6) is 1.87. The fourth-order valence-corrected chi connectivity index (χ4v) is 7.70. The number of carbonyl (C=O) groups is 2. The quantitative estimate of drug-likeness (QED) is 0.0719. The van der Waals surface area contributed by atoms with Gasteiger partial charge in [-0.3, -0.25) is 9.80 Å². The second-order valence-electron chi connectivity index (χ2n) is 14.1. The Bertz CT molecular complexity index is 1940. The third-order valence-electron chi connectivity index (χ3n) is 10.4. The van der Waals surface area contributed by atoms with Crippen LogP contribution in [0.15, 0.2) is 79.1 Å². The molecular formula is C41H43Cl2N3O8. The van der Waals surface area contributed by atoms with Crippen molar-refractivity contribution in [2.75, 3.05) is 45.4 Å². The number of carbonyl (C=O) groups excluding carboxylic acids is 2. The first kappa shape index (κ1) is 37.6. The molecule has 3 aliphatic heterocycles. The van der Waals surface area contributed by atoms with Crippen molar-refractivity contribution in [3.63, 3.8) is 0 Å². The highest BCUT2D eigenvalue weighted by molar-refractivity contribution is 6.35. The van der Waals surface area contributed by atoms with Gasteiger partial charge in [0, 0.05) is 18.5 Å². The first-order chi connectivity index (χ1) is 26.2. The number of hydrogen-bond acceptors (Lipinski definition) is 9. The van der Waals surface area contributed by atoms with Crippen molar-refractivity contribution >= 4 is 41.0 Å². The molecule has 0 radical (unpaired) electrons. The molecule has 1 unspecified atom stereocenters. The van der Waals surface area contributed by atoms with E-state index in [0.29, 0.717) is 62.8 Å². The summed E-state index contributed by atoms with van der Waals surface area (Å²) in [5.41, 5.74) is 2.75. The van der Waals surface area contributed by atoms with Gasteiger partial charge in [0.2, 0.25) is 0 Å². The Balaban J connectivity index is 1.12. The zero-order valence-corrected chi connectivity index (χ0v) is 31.8. The number of aromatic nitrogens is 1. The number of amides is 1. The second kappa shape index (κ2) is 16.8. The van der Waals surface area contributed by atoms with Crippen LogP contribution in [0.2, 0.25) is 10.0 Å². The van der Waals surface area contributed by atoms with E-state index in [1.165, 1.54) is 26.6 Å². The molecule has 0 spiro atoms. The van der Waals surface area contributed by atoms with Crippen molar-refractivity contribution in [1.82, 2.24) is 4.90 Å². The summed E-state index contributed by atoms with van der Waals surface area (Å²) in [4.78, 5) is 31.7. The number of hydrogen-bond donors (Lipinski definition) is 0. The van der Waals surface area contributed by atoms with E-state index in [-0.39, 0.29) is 29.1 Å². The first-order valence-corrected chi connectivity index (χ1v) is 19.0. The summed E-state index contributed by atoms with van der Waals surface area (Å²) >= 11 is 12.9. The van der Waals surface area contributed by atoms with Gasteiger partial charge in [0.1, 0.15) is 28.0 Å². The van der Waals surface area contributed by atoms with E-state index in [1.54, 1.807) is 47.4 Å². The SMILES string of the molecule is COc1ccc(C(Cc2c(Cl)c[n+]([O-])cc2Cl)OC(=O)c2ccc(CN(C(=O)O[C@H]3CN4CCC3CC4)c3ccccc3OCC3CC3)cc2)cc1OC. The minimum absolute atomic E-state index is 0.0801. The Morgan fingerprint density at radius 1 is 0.907 bits per heavy atom. The van der Waals surface area contributed by atoms with Crippen LogP contribution in [0.4, 0.5) is 10.5 Å². The number of piperidine rings is 3. The zero-order chi connectivity index (χ0) is 37.8. The van der Waals surface area contributed by atoms with Crippen LogP contribution >= 0.6 is 23.2 Å². The number of para-hydroxylation sites is 2. The molecule has 13 heteroatoms. The van der Waals surface area contributed by atoms with E-state index in [4.69, 9.17) is 46.9 Å². The third-order valence-corrected chi connectivity index (χ3v) is 11.1. The van der Waals surface area contributed by atoms with Gasteiger partial charge in [0.05, 0.1) is 38.6 Å². The molecule has 4 aromatic rings. The maximum absolute atomic E-state index is 14.0. The topological polar surface area (TPSA) is 114 Å². The molecule has 54 heavy (non-hydrogen) atoms. The Kier molecular flexibility index (Phi) is 11.7. The van der Waals surface area contributed by atoms with Gasteiger partial charge >= 0.3 is 12.1 Å². The van der Waals surface area contributed by atoms with Crippen molar-refractivity contribution in [3.05, 3.63) is 117 Å². The van der Waals surface area contributed by atoms with Crippen LogP contribution in [0.25, 0.3) is 0 Å². The standard InChI is InChI=1S/C41H43Cl2N3O8/c1-50-36-14-13-30(19-38(36)51-2)37(20-31-32(42)22-45(49)23-33(31)43)53-40(47)29-11-9-26(10-12-29)21-46(34-5-3-4-6-35(34)52-25-27-7-8-27)41(48)54-39-24-44-17-15-28(39)16-18-44/h3-6,9-14,19,22-23,27-28,37,39H,7-8,15-18,20-21,24-25H2,1-2H3/t37?,39-/m0/s1. The number of ether oxygens (including phenoxy) is 5. The van der Waals surface area contributed by atoms with Crippen LogP contribution in [0.1, 0.15) is 58.8 Å². The number of nitrogens with zero attached hydrogens (tertiary/aromatic N) is 3. The number of esters is 1. The molecule has 3 aromatic carbocycles. The van der Waals surface area contributed by atoms with Crippen molar-refractivity contribution in [1.29, 1.82) is 0 Å². The molecule has 1 saturated carbocycles. The summed E-state index contributed by atoms with van der Waals surface area (Å²) in [7, 11) is 3.04. The molecule has 2 atom stereocenters. The number of benzene rings is 3. The summed E-state index contributed by atoms with van der Waals surface area (Å²) in [6.07, 6.45) is 5.35. The summed E-state index contributed by atoms with van der Waals surface area (Å²) < 4.78 is 30.0. The Morgan fingerprint density at radius 3 is 2.26 bits per heavy atom. The molecule has 1 aliphatic carbocycles. The number of rotatable bonds is 14. The lowest BCUT2D eigenvalue weighted by Crippen LogP contribution is -2.53. The van der Waals surface area contributed by atoms with Gasteiger partial charge in [0.25, 0.3) is 0 Å². The normalized spacial score (nSPS) is 19.4. The van der Waals surface area contributed by atoms with Gasteiger partial charge in [-0.15, -0.1) is 0 Å². The number of anilines is 1. The largest absolute Gasteiger partial charge is 0.619 e. The molecule has 1 amide bonds. The average Bonchev–Trinajstić information content (AvgIpc) is 4.02. The van der Waals surface area contributed by atoms with Gasteiger partial charge in [-0.25, -0.2) is 9.59 Å². The maximum Gasteiger partial charge on any atom is 0.415 e. The highest BCUT2D eigenvalue weighted by Gasteiger charge is 2.38. The molecule has 0 N–H and O–H groups in total.